The molecule has 3 unspecified atom stereocenters. The zero-order valence-electron chi connectivity index (χ0n) is 64.9. The number of carbonyl (C=O) groups is 3. The van der Waals surface area contributed by atoms with E-state index in [4.69, 9.17) is 49.5 Å². The van der Waals surface area contributed by atoms with Crippen molar-refractivity contribution < 1.29 is 50.3 Å². The molecule has 0 bridgehead atoms. The molecular weight excluding hydrogens is 1860 g/mol. The van der Waals surface area contributed by atoms with Gasteiger partial charge in [0.15, 0.2) is 58.4 Å². The summed E-state index contributed by atoms with van der Waals surface area (Å²) in [6.07, 6.45) is 10.9. The van der Waals surface area contributed by atoms with Crippen LogP contribution in [0.25, 0.3) is 56.3 Å². The largest absolute Gasteiger partial charge is 0.478 e. The number of aromatic amines is 2. The molecule has 0 aliphatic carbocycles. The van der Waals surface area contributed by atoms with Crippen LogP contribution in [0, 0.1) is 18.6 Å². The molecule has 120 heavy (non-hydrogen) atoms. The number of benzene rings is 4. The Kier molecular flexibility index (Phi) is 35.2. The zero-order valence-corrected chi connectivity index (χ0v) is 75.9. The number of halogens is 2. The molecule has 3 aliphatic heterocycles. The Hall–Kier alpha value is -9.55. The highest BCUT2D eigenvalue weighted by molar-refractivity contribution is 8.77. The normalized spacial score (nSPS) is 13.8. The van der Waals surface area contributed by atoms with Gasteiger partial charge in [0.25, 0.3) is 17.0 Å². The van der Waals surface area contributed by atoms with E-state index in [1.54, 1.807) is 209 Å². The van der Waals surface area contributed by atoms with Gasteiger partial charge < -0.3 is 57.4 Å². The Morgan fingerprint density at radius 1 is 0.575 bits per heavy atom. The summed E-state index contributed by atoms with van der Waals surface area (Å²) in [5.41, 5.74) is 4.83. The highest BCUT2D eigenvalue weighted by Gasteiger charge is 2.33. The van der Waals surface area contributed by atoms with Crippen LogP contribution in [0.3, 0.4) is 0 Å². The number of hydrogen-bond acceptors (Lipinski definition) is 25. The third kappa shape index (κ3) is 25.3. The Labute approximate surface area is 735 Å². The number of furan rings is 4. The summed E-state index contributed by atoms with van der Waals surface area (Å²) in [6, 6.07) is 37.6. The predicted octanol–water partition coefficient (Wildman–Crippen LogP) is 10.1. The number of hydrazine groups is 1. The molecule has 1 amide bonds. The van der Waals surface area contributed by atoms with Gasteiger partial charge in [0.05, 0.1) is 95.9 Å². The number of aromatic carboxylic acids is 1. The Balaban J connectivity index is 0.000000172. The second-order valence-electron chi connectivity index (χ2n) is 25.0. The number of H-pyrrole nitrogens is 2. The molecule has 0 fully saturated rings. The first-order valence-corrected chi connectivity index (χ1v) is 55.1. The lowest BCUT2D eigenvalue weighted by atomic mass is 10.0. The standard InChI is InChI=1S/C26H21FN6O3.C16H11FN2O3.2C10H12N4O.C5H8N4.C5H4O2.S16.2H2/c1-15-13-32(14-23-29-30-24(33(15)23)22-7-4-10-36-22)26(35)19-11-16(8-9-20(19)27)12-21-17-5-2-3-6-18(17)25(34)31-28-21;17-13-6-5-9(7-12(13)16(21)22)8-14-10-3-1-2-4-11(10)15(20)19-18-14;2*1-7-5-11-6-9-12-13-10(14(7)9)8-3-2-4-15-8;1-4-2-7-3-5(8-4)9-6;6-4-5-2-1-3-7-5;1-3-5-7-9-11-13-15-16-14-12-10-8-6-4-2;;/h2-11,15H,12-14H2,1H3,(H,31,34);1-7H,8H2,(H,19,20)(H,21,22);2*2-4,7,11H,5-6H2,1H3;2-3H,6H2,1H3,(H,8,9);1-4H;;2*1H/i;;;;;;;1+1D;. The number of nitrogens with one attached hydrogen (secondary N) is 5. The van der Waals surface area contributed by atoms with Crippen molar-refractivity contribution in [3.8, 4) is 34.8 Å². The molecule has 0 radical (unpaired) electrons. The first-order chi connectivity index (χ1) is 59.4. The fourth-order valence-corrected chi connectivity index (χ4v) is 45.0. The quantitative estimate of drug-likeness (QED) is 0.0359. The number of fused-ring (bicyclic) bond motifs is 5. The van der Waals surface area contributed by atoms with Crippen molar-refractivity contribution in [1.29, 1.82) is 0 Å². The molecule has 17 rings (SSSR count). The van der Waals surface area contributed by atoms with E-state index in [-0.39, 0.29) is 42.7 Å². The van der Waals surface area contributed by atoms with Crippen molar-refractivity contribution in [2.45, 2.75) is 78.3 Å². The molecule has 30 nitrogen and oxygen atoms in total. The fraction of sp³-hybridized carbons (Fsp3) is 0.208. The molecule has 48 heteroatoms. The third-order valence-electron chi connectivity index (χ3n) is 17.1. The average Bonchev–Trinajstić information content (AvgIpc) is 1.78. The Bertz CT molecular complexity index is 6610. The van der Waals surface area contributed by atoms with Gasteiger partial charge in [-0.15, -0.1) is 30.6 Å². The molecule has 0 spiro atoms. The van der Waals surface area contributed by atoms with Crippen LogP contribution >= 0.6 is 0 Å². The number of anilines is 1. The van der Waals surface area contributed by atoms with Gasteiger partial charge in [0.1, 0.15) is 23.3 Å². The van der Waals surface area contributed by atoms with Gasteiger partial charge in [0, 0.05) is 213 Å². The van der Waals surface area contributed by atoms with Crippen LogP contribution < -0.4 is 33.0 Å². The molecule has 0 saturated carbocycles. The summed E-state index contributed by atoms with van der Waals surface area (Å²) in [5.74, 6) is 9.87. The molecule has 4 aromatic carbocycles. The lowest BCUT2D eigenvalue weighted by molar-refractivity contribution is 0.0673. The van der Waals surface area contributed by atoms with Gasteiger partial charge in [-0.05, 0) is 124 Å². The smallest absolute Gasteiger partial charge is 0.338 e. The van der Waals surface area contributed by atoms with Crippen LogP contribution in [0.2, 0.25) is 0 Å². The van der Waals surface area contributed by atoms with Gasteiger partial charge in [-0.2, -0.15) is 10.2 Å². The van der Waals surface area contributed by atoms with E-state index in [1.165, 1.54) is 42.2 Å². The van der Waals surface area contributed by atoms with Crippen LogP contribution in [0.5, 0.6) is 0 Å². The monoisotopic (exact) mass is 1930 g/mol. The van der Waals surface area contributed by atoms with E-state index in [0.29, 0.717) is 99.0 Å². The third-order valence-corrected chi connectivity index (χ3v) is 46.0. The Morgan fingerprint density at radius 2 is 1.00 bits per heavy atom. The van der Waals surface area contributed by atoms with E-state index in [1.807, 2.05) is 60.9 Å². The van der Waals surface area contributed by atoms with Crippen molar-refractivity contribution in [2.75, 3.05) is 25.1 Å². The molecule has 3 atom stereocenters. The molecule has 0 saturated heterocycles. The maximum Gasteiger partial charge on any atom is 0.338 e. The van der Waals surface area contributed by atoms with Gasteiger partial charge in [-0.25, -0.2) is 34.6 Å². The average molecular weight is 1930 g/mol. The van der Waals surface area contributed by atoms with Crippen molar-refractivity contribution in [2.24, 2.45) is 5.84 Å². The number of nitrogen functional groups attached to an aromatic ring is 1. The summed E-state index contributed by atoms with van der Waals surface area (Å²) in [7, 11) is 23.5. The van der Waals surface area contributed by atoms with Crippen LogP contribution in [-0.4, -0.2) is 122 Å². The van der Waals surface area contributed by atoms with E-state index in [9.17, 15) is 32.8 Å². The number of nitrogens with two attached hydrogens (primary N) is 1. The number of hydrogen-bond donors (Lipinski definition) is 7. The first kappa shape index (κ1) is 89.7. The number of carboxylic acids is 1. The van der Waals surface area contributed by atoms with Crippen molar-refractivity contribution >= 4 is 192 Å². The molecule has 8 N–H and O–H groups in total. The number of nitrogens with zero attached hydrogens (tertiary/aromatic N) is 14. The number of amides is 1. The number of carboxylic acid groups (broad SMARTS) is 1. The predicted molar refractivity (Wildman–Crippen MR) is 496 cm³/mol. The highest BCUT2D eigenvalue weighted by atomic mass is 33.5. The number of carbonyl (C=O) groups excluding carboxylic acids is 2. The van der Waals surface area contributed by atoms with Gasteiger partial charge >= 0.3 is 5.97 Å². The summed E-state index contributed by atoms with van der Waals surface area (Å²) in [6.45, 7) is 12.1. The minimum atomic E-state index is -1.32. The van der Waals surface area contributed by atoms with E-state index >= 15 is 0 Å². The summed E-state index contributed by atoms with van der Waals surface area (Å²) < 4.78 is 65.3. The van der Waals surface area contributed by atoms with Crippen molar-refractivity contribution in [3.05, 3.63) is 266 Å². The maximum atomic E-state index is 14.8. The summed E-state index contributed by atoms with van der Waals surface area (Å²) in [4.78, 5) is 67.4. The minimum Gasteiger partial charge on any atom is -0.478 e. The lowest BCUT2D eigenvalue weighted by Gasteiger charge is -2.32. The second kappa shape index (κ2) is 47.0. The SMILES string of the molecule is CC1CN(C(=O)c2cc(Cc3n[nH]c(=O)c4ccccc34)ccc2F)Cc2nnc(-c3ccco3)n21.CC1CNCc2nnc(-c3ccco3)n21.CC1CNCc2nnc(-c3ccco3)n21.Cc1cncc(NN)n1.O=C(O)c1cc(Cc2n[nH]c(=O)c3ccccc23)ccc1F.O=Cc1ccco1.S=S=S=S=S=S=S=S=S=S=S=S=S=S=S=S.[2H][2H].[HH]. The van der Waals surface area contributed by atoms with Crippen molar-refractivity contribution in [1.82, 2.24) is 90.2 Å². The van der Waals surface area contributed by atoms with Crippen LogP contribution in [0.15, 0.2) is 198 Å². The summed E-state index contributed by atoms with van der Waals surface area (Å²) in [5, 5.41) is 56.3. The molecule has 3 aliphatic rings. The molecule has 14 aromatic rings. The highest BCUT2D eigenvalue weighted by Crippen LogP contribution is 2.31. The second-order valence-corrected chi connectivity index (χ2v) is 49.8. The van der Waals surface area contributed by atoms with Gasteiger partial charge in [-0.1, -0.05) is 48.5 Å². The zero-order chi connectivity index (χ0) is 86.7. The minimum absolute atomic E-state index is 0. The number of aryl methyl sites for hydroxylation is 1. The maximum absolute atomic E-state index is 14.8. The molecule has 630 valence electrons. The fourth-order valence-electron chi connectivity index (χ4n) is 12.1. The molecule has 10 aromatic heterocycles. The van der Waals surface area contributed by atoms with Crippen molar-refractivity contribution in [3.63, 3.8) is 0 Å². The van der Waals surface area contributed by atoms with Gasteiger partial charge in [0.2, 0.25) is 0 Å². The van der Waals surface area contributed by atoms with Gasteiger partial charge in [-0.3, -0.25) is 24.2 Å². The molecule has 13 heterocycles. The van der Waals surface area contributed by atoms with Crippen LogP contribution in [0.4, 0.5) is 14.6 Å². The number of aldehydes is 1. The van der Waals surface area contributed by atoms with Crippen LogP contribution in [0.1, 0.15) is 120 Å². The number of aromatic nitrogens is 15. The number of rotatable bonds is 11. The Morgan fingerprint density at radius 3 is 1.40 bits per heavy atom. The summed E-state index contributed by atoms with van der Waals surface area (Å²) >= 11 is 9.46. The lowest BCUT2D eigenvalue weighted by Crippen LogP contribution is -2.40. The topological polar surface area (TPSA) is 399 Å². The first-order valence-electron chi connectivity index (χ1n) is 36.1. The van der Waals surface area contributed by atoms with Crippen LogP contribution in [-0.2, 0) is 179 Å². The molecular formula is C72H72F2N20O10S16. The van der Waals surface area contributed by atoms with E-state index < -0.39 is 23.5 Å². The van der Waals surface area contributed by atoms with E-state index in [2.05, 4.69) is 104 Å². The van der Waals surface area contributed by atoms with E-state index in [0.717, 1.165) is 78.1 Å².